The largest absolute Gasteiger partial charge is 0.352 e. The average molecular weight is 391 g/mol. The Hall–Kier alpha value is -1.55. The van der Waals surface area contributed by atoms with Crippen LogP contribution in [0.25, 0.3) is 0 Å². The van der Waals surface area contributed by atoms with Crippen LogP contribution in [0.3, 0.4) is 0 Å². The Morgan fingerprint density at radius 3 is 2.69 bits per heavy atom. The van der Waals surface area contributed by atoms with E-state index in [0.29, 0.717) is 16.6 Å². The van der Waals surface area contributed by atoms with Crippen molar-refractivity contribution in [2.24, 2.45) is 5.92 Å². The number of rotatable bonds is 5. The van der Waals surface area contributed by atoms with E-state index >= 15 is 0 Å². The minimum atomic E-state index is 0.0280. The molecule has 5 heteroatoms. The second-order valence-corrected chi connectivity index (χ2v) is 7.86. The molecule has 1 aliphatic heterocycles. The van der Waals surface area contributed by atoms with Gasteiger partial charge in [-0.25, -0.2) is 0 Å². The first-order valence-electron chi connectivity index (χ1n) is 9.01. The van der Waals surface area contributed by atoms with Crippen LogP contribution in [0.15, 0.2) is 42.5 Å². The number of carbonyl (C=O) groups is 1. The summed E-state index contributed by atoms with van der Waals surface area (Å²) in [6, 6.07) is 13.9. The number of hydrogen-bond donors (Lipinski definition) is 1. The van der Waals surface area contributed by atoms with E-state index < -0.39 is 0 Å². The van der Waals surface area contributed by atoms with Crippen molar-refractivity contribution in [1.29, 1.82) is 0 Å². The zero-order chi connectivity index (χ0) is 18.5. The van der Waals surface area contributed by atoms with Gasteiger partial charge in [-0.05, 0) is 49.6 Å². The van der Waals surface area contributed by atoms with E-state index in [1.807, 2.05) is 12.1 Å². The van der Waals surface area contributed by atoms with Gasteiger partial charge in [0.15, 0.2) is 0 Å². The molecule has 1 atom stereocenters. The number of benzene rings is 2. The molecule has 0 saturated carbocycles. The normalized spacial score (nSPS) is 17.9. The van der Waals surface area contributed by atoms with E-state index in [1.54, 1.807) is 6.07 Å². The monoisotopic (exact) mass is 390 g/mol. The molecule has 1 aliphatic rings. The number of piperidine rings is 1. The molecule has 0 aliphatic carbocycles. The molecule has 2 aromatic rings. The lowest BCUT2D eigenvalue weighted by atomic mass is 9.96. The van der Waals surface area contributed by atoms with Gasteiger partial charge < -0.3 is 5.32 Å². The van der Waals surface area contributed by atoms with Crippen molar-refractivity contribution < 1.29 is 4.79 Å². The van der Waals surface area contributed by atoms with Crippen molar-refractivity contribution in [1.82, 2.24) is 10.2 Å². The van der Waals surface area contributed by atoms with Crippen LogP contribution in [-0.4, -0.2) is 23.9 Å². The summed E-state index contributed by atoms with van der Waals surface area (Å²) in [5, 5.41) is 4.41. The van der Waals surface area contributed by atoms with Crippen LogP contribution < -0.4 is 5.32 Å². The van der Waals surface area contributed by atoms with E-state index in [4.69, 9.17) is 23.2 Å². The van der Waals surface area contributed by atoms with Gasteiger partial charge in [0.25, 0.3) is 0 Å². The third kappa shape index (κ3) is 5.23. The highest BCUT2D eigenvalue weighted by molar-refractivity contribution is 6.35. The maximum absolute atomic E-state index is 12.6. The number of aryl methyl sites for hydroxylation is 1. The Morgan fingerprint density at radius 1 is 1.19 bits per heavy atom. The molecule has 1 heterocycles. The van der Waals surface area contributed by atoms with Gasteiger partial charge in [-0.15, -0.1) is 0 Å². The maximum Gasteiger partial charge on any atom is 0.224 e. The summed E-state index contributed by atoms with van der Waals surface area (Å²) in [6.45, 7) is 5.14. The molecule has 1 fully saturated rings. The van der Waals surface area contributed by atoms with Crippen LogP contribution in [0.4, 0.5) is 0 Å². The Morgan fingerprint density at radius 2 is 1.96 bits per heavy atom. The van der Waals surface area contributed by atoms with Crippen molar-refractivity contribution >= 4 is 29.1 Å². The molecule has 1 N–H and O–H groups in total. The van der Waals surface area contributed by atoms with Gasteiger partial charge in [-0.2, -0.15) is 0 Å². The van der Waals surface area contributed by atoms with Crippen molar-refractivity contribution in [2.75, 3.05) is 13.1 Å². The molecule has 2 aromatic carbocycles. The van der Waals surface area contributed by atoms with Gasteiger partial charge in [0.2, 0.25) is 5.91 Å². The minimum Gasteiger partial charge on any atom is -0.352 e. The molecule has 0 radical (unpaired) electrons. The minimum absolute atomic E-state index is 0.0280. The van der Waals surface area contributed by atoms with E-state index in [-0.39, 0.29) is 11.8 Å². The van der Waals surface area contributed by atoms with Crippen molar-refractivity contribution in [3.8, 4) is 0 Å². The van der Waals surface area contributed by atoms with Gasteiger partial charge in [0.1, 0.15) is 0 Å². The molecule has 3 nitrogen and oxygen atoms in total. The van der Waals surface area contributed by atoms with E-state index in [0.717, 1.165) is 43.6 Å². The van der Waals surface area contributed by atoms with Crippen LogP contribution in [0, 0.1) is 12.8 Å². The molecule has 3 rings (SSSR count). The SMILES string of the molecule is Cc1ccc(CNC(=O)C2CCCN(Cc3ccc(Cl)cc3Cl)C2)cc1. The first-order valence-corrected chi connectivity index (χ1v) is 9.76. The first kappa shape index (κ1) is 19.2. The Balaban J connectivity index is 1.53. The Labute approximate surface area is 165 Å². The van der Waals surface area contributed by atoms with Gasteiger partial charge in [-0.3, -0.25) is 9.69 Å². The van der Waals surface area contributed by atoms with Gasteiger partial charge >= 0.3 is 0 Å². The van der Waals surface area contributed by atoms with Crippen molar-refractivity contribution in [3.05, 3.63) is 69.2 Å². The number of nitrogens with one attached hydrogen (secondary N) is 1. The number of carbonyl (C=O) groups excluding carboxylic acids is 1. The van der Waals surface area contributed by atoms with Crippen molar-refractivity contribution in [3.63, 3.8) is 0 Å². The zero-order valence-corrected chi connectivity index (χ0v) is 16.5. The molecule has 1 unspecified atom stereocenters. The second kappa shape index (κ2) is 8.90. The molecule has 26 heavy (non-hydrogen) atoms. The highest BCUT2D eigenvalue weighted by Crippen LogP contribution is 2.25. The van der Waals surface area contributed by atoms with E-state index in [1.165, 1.54) is 5.56 Å². The van der Waals surface area contributed by atoms with Crippen LogP contribution in [0.1, 0.15) is 29.5 Å². The zero-order valence-electron chi connectivity index (χ0n) is 15.0. The topological polar surface area (TPSA) is 32.3 Å². The summed E-state index contributed by atoms with van der Waals surface area (Å²) in [7, 11) is 0. The highest BCUT2D eigenvalue weighted by atomic mass is 35.5. The molecular weight excluding hydrogens is 367 g/mol. The lowest BCUT2D eigenvalue weighted by Gasteiger charge is -2.32. The quantitative estimate of drug-likeness (QED) is 0.792. The first-order chi connectivity index (χ1) is 12.5. The van der Waals surface area contributed by atoms with Gasteiger partial charge in [0, 0.05) is 29.7 Å². The maximum atomic E-state index is 12.6. The smallest absolute Gasteiger partial charge is 0.224 e. The molecule has 1 saturated heterocycles. The summed E-state index contributed by atoms with van der Waals surface area (Å²) in [4.78, 5) is 14.9. The number of likely N-dealkylation sites (tertiary alicyclic amines) is 1. The fourth-order valence-electron chi connectivity index (χ4n) is 3.34. The van der Waals surface area contributed by atoms with Crippen molar-refractivity contribution in [2.45, 2.75) is 32.9 Å². The predicted octanol–water partition coefficient (Wildman–Crippen LogP) is 4.83. The molecular formula is C21H24Cl2N2O. The lowest BCUT2D eigenvalue weighted by molar-refractivity contribution is -0.126. The van der Waals surface area contributed by atoms with Crippen LogP contribution in [0.2, 0.25) is 10.0 Å². The fraction of sp³-hybridized carbons (Fsp3) is 0.381. The summed E-state index contributed by atoms with van der Waals surface area (Å²) in [5.41, 5.74) is 3.41. The summed E-state index contributed by atoms with van der Waals surface area (Å²) in [6.07, 6.45) is 1.96. The number of halogens is 2. The highest BCUT2D eigenvalue weighted by Gasteiger charge is 2.26. The van der Waals surface area contributed by atoms with E-state index in [2.05, 4.69) is 41.4 Å². The third-order valence-corrected chi connectivity index (χ3v) is 5.46. The number of hydrogen-bond acceptors (Lipinski definition) is 2. The number of amides is 1. The molecule has 0 aromatic heterocycles. The van der Waals surface area contributed by atoms with Gasteiger partial charge in [-0.1, -0.05) is 59.1 Å². The standard InChI is InChI=1S/C21H24Cl2N2O/c1-15-4-6-16(7-5-15)12-24-21(26)18-3-2-10-25(14-18)13-17-8-9-19(22)11-20(17)23/h4-9,11,18H,2-3,10,12-14H2,1H3,(H,24,26). The fourth-order valence-corrected chi connectivity index (χ4v) is 3.81. The summed E-state index contributed by atoms with van der Waals surface area (Å²) < 4.78 is 0. The molecule has 0 bridgehead atoms. The number of nitrogens with zero attached hydrogens (tertiary/aromatic N) is 1. The average Bonchev–Trinajstić information content (AvgIpc) is 2.63. The lowest BCUT2D eigenvalue weighted by Crippen LogP contribution is -2.42. The molecule has 0 spiro atoms. The van der Waals surface area contributed by atoms with Crippen LogP contribution in [-0.2, 0) is 17.9 Å². The van der Waals surface area contributed by atoms with Gasteiger partial charge in [0.05, 0.1) is 5.92 Å². The summed E-state index contributed by atoms with van der Waals surface area (Å²) >= 11 is 12.3. The molecule has 138 valence electrons. The summed E-state index contributed by atoms with van der Waals surface area (Å²) in [5.74, 6) is 0.165. The predicted molar refractivity (Wildman–Crippen MR) is 107 cm³/mol. The van der Waals surface area contributed by atoms with Crippen LogP contribution >= 0.6 is 23.2 Å². The molecule has 1 amide bonds. The third-order valence-electron chi connectivity index (χ3n) is 4.87. The van der Waals surface area contributed by atoms with E-state index in [9.17, 15) is 4.79 Å². The van der Waals surface area contributed by atoms with Crippen LogP contribution in [0.5, 0.6) is 0 Å². The Kier molecular flexibility index (Phi) is 6.58. The second-order valence-electron chi connectivity index (χ2n) is 7.01. The Bertz CT molecular complexity index is 761.